The molecule has 0 unspecified atom stereocenters. The molecule has 1 aliphatic rings. The molecule has 0 aliphatic carbocycles. The molecular weight excluding hydrogens is 318 g/mol. The van der Waals surface area contributed by atoms with Crippen LogP contribution in [0.25, 0.3) is 11.1 Å². The highest BCUT2D eigenvalue weighted by Crippen LogP contribution is 2.23. The summed E-state index contributed by atoms with van der Waals surface area (Å²) in [4.78, 5) is 20.8. The summed E-state index contributed by atoms with van der Waals surface area (Å²) in [6, 6.07) is 15.9. The van der Waals surface area contributed by atoms with Crippen LogP contribution in [0.4, 0.5) is 6.01 Å². The van der Waals surface area contributed by atoms with Crippen LogP contribution >= 0.6 is 0 Å². The number of rotatable bonds is 4. The second kappa shape index (κ2) is 6.47. The first-order valence-electron chi connectivity index (χ1n) is 8.24. The van der Waals surface area contributed by atoms with E-state index in [1.54, 1.807) is 7.11 Å². The van der Waals surface area contributed by atoms with Crippen molar-refractivity contribution in [2.45, 2.75) is 6.54 Å². The van der Waals surface area contributed by atoms with Crippen molar-refractivity contribution in [3.63, 3.8) is 0 Å². The molecule has 3 aromatic rings. The van der Waals surface area contributed by atoms with Crippen molar-refractivity contribution in [3.05, 3.63) is 54.1 Å². The van der Waals surface area contributed by atoms with Gasteiger partial charge in [-0.15, -0.1) is 0 Å². The van der Waals surface area contributed by atoms with Crippen LogP contribution in [0.3, 0.4) is 0 Å². The van der Waals surface area contributed by atoms with E-state index < -0.39 is 0 Å². The molecule has 0 radical (unpaired) electrons. The highest BCUT2D eigenvalue weighted by atomic mass is 16.5. The van der Waals surface area contributed by atoms with Crippen LogP contribution in [0, 0.1) is 0 Å². The SMILES string of the molecule is COc1cccc(CN2CCN(c3nc4ccccc4o3)CC2=O)c1. The number of carbonyl (C=O) groups is 1. The molecule has 2 heterocycles. The Morgan fingerprint density at radius 1 is 1.16 bits per heavy atom. The van der Waals surface area contributed by atoms with Crippen molar-refractivity contribution in [2.24, 2.45) is 0 Å². The molecule has 1 fully saturated rings. The average molecular weight is 337 g/mol. The summed E-state index contributed by atoms with van der Waals surface area (Å²) in [6.07, 6.45) is 0. The monoisotopic (exact) mass is 337 g/mol. The van der Waals surface area contributed by atoms with E-state index in [4.69, 9.17) is 9.15 Å². The van der Waals surface area contributed by atoms with E-state index >= 15 is 0 Å². The van der Waals surface area contributed by atoms with Crippen molar-refractivity contribution in [1.82, 2.24) is 9.88 Å². The maximum atomic E-state index is 12.5. The highest BCUT2D eigenvalue weighted by Gasteiger charge is 2.27. The zero-order chi connectivity index (χ0) is 17.2. The van der Waals surface area contributed by atoms with Gasteiger partial charge >= 0.3 is 0 Å². The molecule has 0 N–H and O–H groups in total. The fourth-order valence-electron chi connectivity index (χ4n) is 3.03. The number of fused-ring (bicyclic) bond motifs is 1. The molecule has 1 aromatic heterocycles. The van der Waals surface area contributed by atoms with Gasteiger partial charge < -0.3 is 19.0 Å². The molecule has 2 aromatic carbocycles. The van der Waals surface area contributed by atoms with Crippen LogP contribution in [-0.2, 0) is 11.3 Å². The Hall–Kier alpha value is -3.02. The summed E-state index contributed by atoms with van der Waals surface area (Å²) in [7, 11) is 1.64. The molecule has 25 heavy (non-hydrogen) atoms. The third-order valence-electron chi connectivity index (χ3n) is 4.38. The number of para-hydroxylation sites is 2. The molecule has 4 rings (SSSR count). The van der Waals surface area contributed by atoms with Gasteiger partial charge in [-0.2, -0.15) is 4.98 Å². The number of hydrogen-bond donors (Lipinski definition) is 0. The lowest BCUT2D eigenvalue weighted by atomic mass is 10.2. The quantitative estimate of drug-likeness (QED) is 0.732. The molecule has 6 heteroatoms. The molecule has 0 atom stereocenters. The first kappa shape index (κ1) is 15.5. The second-order valence-electron chi connectivity index (χ2n) is 6.05. The maximum Gasteiger partial charge on any atom is 0.298 e. The number of oxazole rings is 1. The molecular formula is C19H19N3O3. The predicted molar refractivity (Wildman–Crippen MR) is 94.6 cm³/mol. The third kappa shape index (κ3) is 3.15. The van der Waals surface area contributed by atoms with Gasteiger partial charge in [0.25, 0.3) is 6.01 Å². The number of aromatic nitrogens is 1. The van der Waals surface area contributed by atoms with Gasteiger partial charge in [0.2, 0.25) is 5.91 Å². The second-order valence-corrected chi connectivity index (χ2v) is 6.05. The van der Waals surface area contributed by atoms with Crippen LogP contribution < -0.4 is 9.64 Å². The lowest BCUT2D eigenvalue weighted by molar-refractivity contribution is -0.131. The Kier molecular flexibility index (Phi) is 4.01. The summed E-state index contributed by atoms with van der Waals surface area (Å²) in [6.45, 7) is 2.19. The lowest BCUT2D eigenvalue weighted by Gasteiger charge is -2.33. The number of benzene rings is 2. The minimum atomic E-state index is 0.0660. The first-order valence-corrected chi connectivity index (χ1v) is 8.24. The zero-order valence-electron chi connectivity index (χ0n) is 14.0. The number of ether oxygens (including phenoxy) is 1. The Morgan fingerprint density at radius 3 is 2.84 bits per heavy atom. The standard InChI is InChI=1S/C19H19N3O3/c1-24-15-6-4-5-14(11-15)12-21-9-10-22(13-18(21)23)19-20-16-7-2-3-8-17(16)25-19/h2-8,11H,9-10,12-13H2,1H3. The lowest BCUT2D eigenvalue weighted by Crippen LogP contribution is -2.50. The van der Waals surface area contributed by atoms with Crippen molar-refractivity contribution < 1.29 is 13.9 Å². The van der Waals surface area contributed by atoms with Crippen LogP contribution in [0.2, 0.25) is 0 Å². The number of piperazine rings is 1. The highest BCUT2D eigenvalue weighted by molar-refractivity contribution is 5.83. The van der Waals surface area contributed by atoms with Crippen LogP contribution in [0.1, 0.15) is 5.56 Å². The average Bonchev–Trinajstić information content (AvgIpc) is 3.08. The number of anilines is 1. The van der Waals surface area contributed by atoms with E-state index in [2.05, 4.69) is 4.98 Å². The Labute approximate surface area is 145 Å². The molecule has 1 aliphatic heterocycles. The van der Waals surface area contributed by atoms with Crippen LogP contribution in [0.5, 0.6) is 5.75 Å². The minimum Gasteiger partial charge on any atom is -0.497 e. The maximum absolute atomic E-state index is 12.5. The Morgan fingerprint density at radius 2 is 2.04 bits per heavy atom. The van der Waals surface area contributed by atoms with E-state index in [9.17, 15) is 4.79 Å². The number of hydrogen-bond acceptors (Lipinski definition) is 5. The van der Waals surface area contributed by atoms with E-state index in [-0.39, 0.29) is 12.5 Å². The van der Waals surface area contributed by atoms with Crippen molar-refractivity contribution in [1.29, 1.82) is 0 Å². The van der Waals surface area contributed by atoms with Gasteiger partial charge in [-0.25, -0.2) is 0 Å². The predicted octanol–water partition coefficient (Wildman–Crippen LogP) is 2.69. The summed E-state index contributed by atoms with van der Waals surface area (Å²) in [5.41, 5.74) is 2.61. The van der Waals surface area contributed by atoms with Crippen LogP contribution in [-0.4, -0.2) is 42.5 Å². The van der Waals surface area contributed by atoms with Crippen molar-refractivity contribution in [3.8, 4) is 5.75 Å². The van der Waals surface area contributed by atoms with Gasteiger partial charge in [-0.3, -0.25) is 4.79 Å². The fourth-order valence-corrected chi connectivity index (χ4v) is 3.03. The molecule has 0 spiro atoms. The summed E-state index contributed by atoms with van der Waals surface area (Å²) >= 11 is 0. The largest absolute Gasteiger partial charge is 0.497 e. The molecule has 128 valence electrons. The fraction of sp³-hybridized carbons (Fsp3) is 0.263. The molecule has 0 saturated carbocycles. The smallest absolute Gasteiger partial charge is 0.298 e. The number of nitrogens with zero attached hydrogens (tertiary/aromatic N) is 3. The van der Waals surface area contributed by atoms with Gasteiger partial charge in [0.1, 0.15) is 17.8 Å². The van der Waals surface area contributed by atoms with E-state index in [1.807, 2.05) is 58.3 Å². The van der Waals surface area contributed by atoms with Gasteiger partial charge in [0.15, 0.2) is 5.58 Å². The minimum absolute atomic E-state index is 0.0660. The number of methoxy groups -OCH3 is 1. The van der Waals surface area contributed by atoms with Gasteiger partial charge in [-0.05, 0) is 29.8 Å². The van der Waals surface area contributed by atoms with E-state index in [0.717, 1.165) is 22.4 Å². The van der Waals surface area contributed by atoms with Gasteiger partial charge in [0, 0.05) is 19.6 Å². The molecule has 6 nitrogen and oxygen atoms in total. The summed E-state index contributed by atoms with van der Waals surface area (Å²) in [5.74, 6) is 0.867. The number of amides is 1. The molecule has 1 saturated heterocycles. The summed E-state index contributed by atoms with van der Waals surface area (Å²) in [5, 5.41) is 0. The zero-order valence-corrected chi connectivity index (χ0v) is 14.0. The third-order valence-corrected chi connectivity index (χ3v) is 4.38. The number of carbonyl (C=O) groups excluding carboxylic acids is 1. The van der Waals surface area contributed by atoms with Crippen LogP contribution in [0.15, 0.2) is 52.9 Å². The van der Waals surface area contributed by atoms with Gasteiger partial charge in [-0.1, -0.05) is 24.3 Å². The van der Waals surface area contributed by atoms with Crippen molar-refractivity contribution in [2.75, 3.05) is 31.6 Å². The Bertz CT molecular complexity index is 873. The molecule has 1 amide bonds. The Balaban J connectivity index is 1.45. The van der Waals surface area contributed by atoms with Gasteiger partial charge in [0.05, 0.1) is 7.11 Å². The normalized spacial score (nSPS) is 15.0. The summed E-state index contributed by atoms with van der Waals surface area (Å²) < 4.78 is 11.0. The van der Waals surface area contributed by atoms with Crippen molar-refractivity contribution >= 4 is 23.0 Å². The van der Waals surface area contributed by atoms with E-state index in [1.165, 1.54) is 0 Å². The first-order chi connectivity index (χ1) is 12.2. The topological polar surface area (TPSA) is 58.8 Å². The van der Waals surface area contributed by atoms with E-state index in [0.29, 0.717) is 25.6 Å². The molecule has 0 bridgehead atoms.